The molecule has 0 aromatic heterocycles. The summed E-state index contributed by atoms with van der Waals surface area (Å²) in [5.41, 5.74) is 0.694. The van der Waals surface area contributed by atoms with E-state index in [1.54, 1.807) is 0 Å². The van der Waals surface area contributed by atoms with Gasteiger partial charge in [-0.15, -0.1) is 0 Å². The molecule has 2 atom stereocenters. The van der Waals surface area contributed by atoms with Crippen molar-refractivity contribution in [3.8, 4) is 0 Å². The summed E-state index contributed by atoms with van der Waals surface area (Å²) in [5.74, 6) is 0.991. The molecule has 1 saturated heterocycles. The number of hydrogen-bond donors (Lipinski definition) is 0. The third-order valence-corrected chi connectivity index (χ3v) is 3.28. The number of nitrogens with zero attached hydrogens (tertiary/aromatic N) is 1. The molecule has 1 spiro atoms. The molecule has 2 aliphatic rings. The zero-order valence-corrected chi connectivity index (χ0v) is 6.35. The highest BCUT2D eigenvalue weighted by atomic mass is 15.2. The minimum Gasteiger partial charge on any atom is -0.300 e. The van der Waals surface area contributed by atoms with E-state index >= 15 is 0 Å². The third kappa shape index (κ3) is 0.586. The molecule has 1 aliphatic heterocycles. The Morgan fingerprint density at radius 3 is 2.44 bits per heavy atom. The summed E-state index contributed by atoms with van der Waals surface area (Å²) in [6.07, 6.45) is 4.36. The van der Waals surface area contributed by atoms with Crippen LogP contribution in [0.25, 0.3) is 0 Å². The molecule has 0 amide bonds. The summed E-state index contributed by atoms with van der Waals surface area (Å²) in [6, 6.07) is 0. The molecular formula is C8H15N. The highest BCUT2D eigenvalue weighted by Crippen LogP contribution is 2.53. The van der Waals surface area contributed by atoms with E-state index in [0.29, 0.717) is 5.54 Å². The summed E-state index contributed by atoms with van der Waals surface area (Å²) in [7, 11) is 2.27. The Bertz CT molecular complexity index is 133. The van der Waals surface area contributed by atoms with Crippen LogP contribution in [0.15, 0.2) is 0 Å². The maximum absolute atomic E-state index is 2.55. The molecule has 2 rings (SSSR count). The van der Waals surface area contributed by atoms with Crippen molar-refractivity contribution in [2.45, 2.75) is 31.7 Å². The highest BCUT2D eigenvalue weighted by Gasteiger charge is 2.55. The average Bonchev–Trinajstić information content (AvgIpc) is 2.29. The fourth-order valence-corrected chi connectivity index (χ4v) is 2.39. The van der Waals surface area contributed by atoms with Crippen molar-refractivity contribution >= 4 is 0 Å². The van der Waals surface area contributed by atoms with Crippen LogP contribution in [0.2, 0.25) is 0 Å². The fraction of sp³-hybridized carbons (Fsp3) is 1.00. The van der Waals surface area contributed by atoms with Gasteiger partial charge in [0.1, 0.15) is 0 Å². The van der Waals surface area contributed by atoms with Crippen molar-refractivity contribution in [2.75, 3.05) is 13.6 Å². The van der Waals surface area contributed by atoms with Crippen LogP contribution in [0.4, 0.5) is 0 Å². The van der Waals surface area contributed by atoms with E-state index < -0.39 is 0 Å². The molecule has 1 heteroatoms. The van der Waals surface area contributed by atoms with E-state index in [-0.39, 0.29) is 0 Å². The molecule has 1 unspecified atom stereocenters. The van der Waals surface area contributed by atoms with Crippen molar-refractivity contribution in [2.24, 2.45) is 5.92 Å². The SMILES string of the molecule is C[C@H]1CC12CCCN2C. The van der Waals surface area contributed by atoms with E-state index in [0.717, 1.165) is 5.92 Å². The van der Waals surface area contributed by atoms with Crippen molar-refractivity contribution in [1.29, 1.82) is 0 Å². The Morgan fingerprint density at radius 2 is 2.22 bits per heavy atom. The van der Waals surface area contributed by atoms with Crippen molar-refractivity contribution in [3.63, 3.8) is 0 Å². The van der Waals surface area contributed by atoms with Gasteiger partial charge in [-0.05, 0) is 38.8 Å². The van der Waals surface area contributed by atoms with E-state index in [9.17, 15) is 0 Å². The van der Waals surface area contributed by atoms with Crippen LogP contribution in [0.3, 0.4) is 0 Å². The van der Waals surface area contributed by atoms with Gasteiger partial charge in [-0.1, -0.05) is 6.92 Å². The first-order chi connectivity index (χ1) is 4.26. The summed E-state index contributed by atoms with van der Waals surface area (Å²) < 4.78 is 0. The molecule has 0 N–H and O–H groups in total. The lowest BCUT2D eigenvalue weighted by Gasteiger charge is -2.18. The molecule has 2 fully saturated rings. The first-order valence-electron chi connectivity index (χ1n) is 3.97. The monoisotopic (exact) mass is 125 g/mol. The topological polar surface area (TPSA) is 3.24 Å². The van der Waals surface area contributed by atoms with Gasteiger partial charge >= 0.3 is 0 Å². The van der Waals surface area contributed by atoms with Crippen LogP contribution in [-0.4, -0.2) is 24.0 Å². The first-order valence-corrected chi connectivity index (χ1v) is 3.97. The number of hydrogen-bond acceptors (Lipinski definition) is 1. The summed E-state index contributed by atoms with van der Waals surface area (Å²) >= 11 is 0. The first kappa shape index (κ1) is 5.72. The number of rotatable bonds is 0. The van der Waals surface area contributed by atoms with Gasteiger partial charge in [0, 0.05) is 5.54 Å². The largest absolute Gasteiger partial charge is 0.300 e. The van der Waals surface area contributed by atoms with Crippen LogP contribution < -0.4 is 0 Å². The second-order valence-corrected chi connectivity index (χ2v) is 3.73. The summed E-state index contributed by atoms with van der Waals surface area (Å²) in [5, 5.41) is 0. The summed E-state index contributed by atoms with van der Waals surface area (Å²) in [4.78, 5) is 2.55. The Labute approximate surface area is 57.0 Å². The van der Waals surface area contributed by atoms with Crippen molar-refractivity contribution in [3.05, 3.63) is 0 Å². The standard InChI is InChI=1S/C8H15N/c1-7-6-8(7)4-3-5-9(8)2/h7H,3-6H2,1-2H3/t7-,8?/m0/s1. The quantitative estimate of drug-likeness (QED) is 0.474. The molecule has 0 radical (unpaired) electrons. The molecule has 1 aliphatic carbocycles. The molecule has 1 nitrogen and oxygen atoms in total. The predicted molar refractivity (Wildman–Crippen MR) is 38.4 cm³/mol. The molecule has 9 heavy (non-hydrogen) atoms. The zero-order chi connectivity index (χ0) is 6.48. The third-order valence-electron chi connectivity index (χ3n) is 3.28. The average molecular weight is 125 g/mol. The van der Waals surface area contributed by atoms with Gasteiger partial charge in [0.05, 0.1) is 0 Å². The Kier molecular flexibility index (Phi) is 0.963. The smallest absolute Gasteiger partial charge is 0.0236 e. The normalized spacial score (nSPS) is 50.7. The van der Waals surface area contributed by atoms with Crippen LogP contribution in [0.1, 0.15) is 26.2 Å². The lowest BCUT2D eigenvalue weighted by atomic mass is 10.1. The molecule has 0 aromatic rings. The van der Waals surface area contributed by atoms with Crippen molar-refractivity contribution < 1.29 is 0 Å². The van der Waals surface area contributed by atoms with E-state index in [4.69, 9.17) is 0 Å². The highest BCUT2D eigenvalue weighted by molar-refractivity contribution is 5.11. The second kappa shape index (κ2) is 1.51. The summed E-state index contributed by atoms with van der Waals surface area (Å²) in [6.45, 7) is 3.71. The fourth-order valence-electron chi connectivity index (χ4n) is 2.39. The predicted octanol–water partition coefficient (Wildman–Crippen LogP) is 1.49. The Balaban J connectivity index is 2.12. The van der Waals surface area contributed by atoms with Gasteiger partial charge in [-0.3, -0.25) is 0 Å². The zero-order valence-electron chi connectivity index (χ0n) is 6.35. The lowest BCUT2D eigenvalue weighted by molar-refractivity contribution is 0.273. The van der Waals surface area contributed by atoms with Crippen LogP contribution >= 0.6 is 0 Å². The van der Waals surface area contributed by atoms with E-state index in [1.807, 2.05) is 0 Å². The molecule has 0 bridgehead atoms. The maximum Gasteiger partial charge on any atom is 0.0236 e. The molecular weight excluding hydrogens is 110 g/mol. The van der Waals surface area contributed by atoms with Gasteiger partial charge < -0.3 is 4.90 Å². The minimum absolute atomic E-state index is 0.694. The molecule has 0 aromatic carbocycles. The Hall–Kier alpha value is -0.0400. The molecule has 52 valence electrons. The van der Waals surface area contributed by atoms with E-state index in [1.165, 1.54) is 25.8 Å². The van der Waals surface area contributed by atoms with Crippen LogP contribution in [-0.2, 0) is 0 Å². The molecule has 1 saturated carbocycles. The van der Waals surface area contributed by atoms with Gasteiger partial charge in [-0.2, -0.15) is 0 Å². The lowest BCUT2D eigenvalue weighted by Crippen LogP contribution is -2.28. The van der Waals surface area contributed by atoms with Crippen LogP contribution in [0, 0.1) is 5.92 Å². The van der Waals surface area contributed by atoms with Gasteiger partial charge in [0.2, 0.25) is 0 Å². The van der Waals surface area contributed by atoms with Crippen molar-refractivity contribution in [1.82, 2.24) is 4.90 Å². The van der Waals surface area contributed by atoms with Gasteiger partial charge in [0.25, 0.3) is 0 Å². The van der Waals surface area contributed by atoms with Gasteiger partial charge in [-0.25, -0.2) is 0 Å². The van der Waals surface area contributed by atoms with Crippen LogP contribution in [0.5, 0.6) is 0 Å². The van der Waals surface area contributed by atoms with E-state index in [2.05, 4.69) is 18.9 Å². The second-order valence-electron chi connectivity index (χ2n) is 3.73. The molecule has 1 heterocycles. The minimum atomic E-state index is 0.694. The number of likely N-dealkylation sites (tertiary alicyclic amines) is 1. The van der Waals surface area contributed by atoms with Gasteiger partial charge in [0.15, 0.2) is 0 Å². The Morgan fingerprint density at radius 1 is 1.56 bits per heavy atom. The maximum atomic E-state index is 2.55.